The van der Waals surface area contributed by atoms with Gasteiger partial charge in [-0.1, -0.05) is 26.0 Å². The van der Waals surface area contributed by atoms with Crippen LogP contribution in [-0.4, -0.2) is 48.3 Å². The molecule has 8 heteroatoms. The van der Waals surface area contributed by atoms with Gasteiger partial charge in [0.2, 0.25) is 5.43 Å². The van der Waals surface area contributed by atoms with Gasteiger partial charge in [-0.05, 0) is 104 Å². The number of allylic oxidation sites excluding steroid dienone is 2. The zero-order valence-corrected chi connectivity index (χ0v) is 24.8. The normalized spacial score (nSPS) is 12.3. The number of benzene rings is 1. The van der Waals surface area contributed by atoms with Crippen molar-refractivity contribution >= 4 is 44.2 Å². The van der Waals surface area contributed by atoms with Gasteiger partial charge in [-0.3, -0.25) is 14.8 Å². The lowest BCUT2D eigenvalue weighted by molar-refractivity contribution is 0.288. The van der Waals surface area contributed by atoms with E-state index >= 15 is 0 Å². The molecule has 42 heavy (non-hydrogen) atoms. The number of nitrogens with one attached hydrogen (secondary N) is 2. The van der Waals surface area contributed by atoms with Gasteiger partial charge in [-0.15, -0.1) is 0 Å². The highest BCUT2D eigenvalue weighted by molar-refractivity contribution is 5.92. The molecule has 6 bridgehead atoms. The second kappa shape index (κ2) is 12.8. The summed E-state index contributed by atoms with van der Waals surface area (Å²) in [4.78, 5) is 35.7. The van der Waals surface area contributed by atoms with Crippen molar-refractivity contribution in [3.8, 4) is 0 Å². The predicted octanol–water partition coefficient (Wildman–Crippen LogP) is 5.97. The quantitative estimate of drug-likeness (QED) is 0.208. The third-order valence-electron chi connectivity index (χ3n) is 8.21. The fraction of sp³-hybridized carbons (Fsp3) is 0.353. The maximum absolute atomic E-state index is 14.2. The van der Waals surface area contributed by atoms with Gasteiger partial charge in [0.15, 0.2) is 0 Å². The fourth-order valence-electron chi connectivity index (χ4n) is 5.91. The Hall–Kier alpha value is -4.14. The maximum Gasteiger partial charge on any atom is 0.228 e. The molecule has 1 aromatic carbocycles. The lowest BCUT2D eigenvalue weighted by Gasteiger charge is -2.02. The van der Waals surface area contributed by atoms with Crippen LogP contribution in [0.25, 0.3) is 44.2 Å². The number of aliphatic hydroxyl groups excluding tert-OH is 2. The van der Waals surface area contributed by atoms with Crippen molar-refractivity contribution in [2.24, 2.45) is 0 Å². The van der Waals surface area contributed by atoms with Crippen LogP contribution in [0.1, 0.15) is 73.7 Å². The van der Waals surface area contributed by atoms with E-state index in [1.54, 1.807) is 6.20 Å². The van der Waals surface area contributed by atoms with E-state index in [9.17, 15) is 15.0 Å². The Labute approximate surface area is 245 Å². The van der Waals surface area contributed by atoms with Crippen LogP contribution in [0.2, 0.25) is 0 Å². The van der Waals surface area contributed by atoms with Crippen molar-refractivity contribution in [1.82, 2.24) is 24.9 Å². The summed E-state index contributed by atoms with van der Waals surface area (Å²) in [5.41, 5.74) is 11.6. The standard InChI is InChI=1S/C34H39N5O3/c1-5-22-23(6-2)32-34(42)33-25(12-10-16-41)21(4)31(39-33)19-36-27-14-8-7-13-26(27)35-18-30-20(3)24(11-9-15-40)29(37-30)17-28(22)38-32/h7-8,13-14,17-19,37-38,40-41H,5-6,9-12,15-16H2,1-4H3. The Morgan fingerprint density at radius 2 is 1.43 bits per heavy atom. The number of hydrogen-bond donors (Lipinski definition) is 4. The molecule has 0 radical (unpaired) electrons. The molecule has 4 heterocycles. The lowest BCUT2D eigenvalue weighted by Crippen LogP contribution is -2.09. The highest BCUT2D eigenvalue weighted by Gasteiger charge is 2.21. The summed E-state index contributed by atoms with van der Waals surface area (Å²) in [5, 5.41) is 19.2. The first-order chi connectivity index (χ1) is 20.4. The number of para-hydroxylation sites is 2. The number of H-pyrrole nitrogens is 2. The molecular weight excluding hydrogens is 526 g/mol. The number of aromatic nitrogens is 5. The van der Waals surface area contributed by atoms with Gasteiger partial charge in [0.25, 0.3) is 0 Å². The summed E-state index contributed by atoms with van der Waals surface area (Å²) in [6, 6.07) is 9.76. The van der Waals surface area contributed by atoms with Gasteiger partial charge >= 0.3 is 0 Å². The number of aryl methyl sites for hydroxylation is 4. The van der Waals surface area contributed by atoms with Crippen LogP contribution < -0.4 is 5.43 Å². The summed E-state index contributed by atoms with van der Waals surface area (Å²) in [5.74, 6) is 0. The molecule has 0 spiro atoms. The van der Waals surface area contributed by atoms with Crippen molar-refractivity contribution in [3.63, 3.8) is 0 Å². The van der Waals surface area contributed by atoms with Crippen LogP contribution in [-0.2, 0) is 19.3 Å². The molecule has 8 nitrogen and oxygen atoms in total. The van der Waals surface area contributed by atoms with E-state index in [0.717, 1.165) is 56.4 Å². The van der Waals surface area contributed by atoms with Gasteiger partial charge < -0.3 is 20.2 Å². The third kappa shape index (κ3) is 5.52. The van der Waals surface area contributed by atoms with E-state index in [2.05, 4.69) is 36.8 Å². The van der Waals surface area contributed by atoms with Gasteiger partial charge in [0.1, 0.15) is 5.69 Å². The first kappa shape index (κ1) is 29.4. The molecule has 218 valence electrons. The second-order valence-electron chi connectivity index (χ2n) is 10.7. The SMILES string of the molecule is CCc1c(CC)c2[nH]c1cc1[nH]c(cnc3ccccc3ncc3nc(c2=O)C(CCCO)=C3C)c(C)c1CCCO. The van der Waals surface area contributed by atoms with Crippen LogP contribution in [0, 0.1) is 6.92 Å². The monoisotopic (exact) mass is 565 g/mol. The minimum absolute atomic E-state index is 0.0328. The number of aromatic amines is 2. The Morgan fingerprint density at radius 3 is 2.10 bits per heavy atom. The number of hydrogen-bond acceptors (Lipinski definition) is 6. The maximum atomic E-state index is 14.2. The first-order valence-corrected chi connectivity index (χ1v) is 14.8. The molecule has 1 aliphatic heterocycles. The summed E-state index contributed by atoms with van der Waals surface area (Å²) in [6.07, 6.45) is 7.44. The predicted molar refractivity (Wildman–Crippen MR) is 170 cm³/mol. The number of nitrogens with zero attached hydrogens (tertiary/aromatic N) is 3. The molecule has 4 aromatic rings. The second-order valence-corrected chi connectivity index (χ2v) is 10.7. The minimum Gasteiger partial charge on any atom is -0.396 e. The first-order valence-electron chi connectivity index (χ1n) is 14.8. The van der Waals surface area contributed by atoms with Gasteiger partial charge in [0.05, 0.1) is 40.2 Å². The average molecular weight is 566 g/mol. The Morgan fingerprint density at radius 1 is 0.786 bits per heavy atom. The zero-order valence-electron chi connectivity index (χ0n) is 24.8. The van der Waals surface area contributed by atoms with Crippen LogP contribution >= 0.6 is 0 Å². The van der Waals surface area contributed by atoms with Crippen LogP contribution in [0.5, 0.6) is 0 Å². The van der Waals surface area contributed by atoms with Gasteiger partial charge in [0, 0.05) is 24.2 Å². The smallest absolute Gasteiger partial charge is 0.228 e. The Balaban J connectivity index is 1.98. The minimum atomic E-state index is -0.145. The number of fused-ring (bicyclic) bond motifs is 7. The molecule has 1 aliphatic rings. The van der Waals surface area contributed by atoms with E-state index < -0.39 is 0 Å². The highest BCUT2D eigenvalue weighted by atomic mass is 16.3. The molecule has 3 aromatic heterocycles. The molecule has 4 N–H and O–H groups in total. The van der Waals surface area contributed by atoms with Crippen LogP contribution in [0.4, 0.5) is 0 Å². The summed E-state index contributed by atoms with van der Waals surface area (Å²) >= 11 is 0. The van der Waals surface area contributed by atoms with Crippen molar-refractivity contribution in [2.45, 2.75) is 66.2 Å². The summed E-state index contributed by atoms with van der Waals surface area (Å²) in [7, 11) is 0. The molecule has 0 aliphatic carbocycles. The van der Waals surface area contributed by atoms with E-state index in [0.29, 0.717) is 60.0 Å². The average Bonchev–Trinajstić information content (AvgIpc) is 3.62. The molecule has 5 rings (SSSR count). The van der Waals surface area contributed by atoms with E-state index in [1.807, 2.05) is 37.4 Å². The van der Waals surface area contributed by atoms with Crippen molar-refractivity contribution in [1.29, 1.82) is 0 Å². The molecule has 0 atom stereocenters. The van der Waals surface area contributed by atoms with Crippen molar-refractivity contribution in [2.75, 3.05) is 13.2 Å². The molecule has 0 unspecified atom stereocenters. The number of rotatable bonds is 8. The van der Waals surface area contributed by atoms with Crippen molar-refractivity contribution in [3.05, 3.63) is 86.6 Å². The van der Waals surface area contributed by atoms with Gasteiger partial charge in [-0.25, -0.2) is 4.98 Å². The van der Waals surface area contributed by atoms with E-state index in [1.165, 1.54) is 0 Å². The number of aliphatic hydroxyl groups is 2. The molecule has 0 amide bonds. The molecule has 0 fully saturated rings. The molecule has 0 saturated heterocycles. The fourth-order valence-corrected chi connectivity index (χ4v) is 5.91. The highest BCUT2D eigenvalue weighted by Crippen LogP contribution is 2.31. The Kier molecular flexibility index (Phi) is 8.94. The lowest BCUT2D eigenvalue weighted by atomic mass is 10.0. The van der Waals surface area contributed by atoms with Crippen molar-refractivity contribution < 1.29 is 10.2 Å². The topological polar surface area (TPSA) is 128 Å². The Bertz CT molecular complexity index is 1880. The largest absolute Gasteiger partial charge is 0.396 e. The van der Waals surface area contributed by atoms with Gasteiger partial charge in [-0.2, -0.15) is 0 Å². The van der Waals surface area contributed by atoms with E-state index in [-0.39, 0.29) is 18.6 Å². The third-order valence-corrected chi connectivity index (χ3v) is 8.21. The molecular formula is C34H39N5O3. The van der Waals surface area contributed by atoms with E-state index in [4.69, 9.17) is 15.0 Å². The van der Waals surface area contributed by atoms with Crippen LogP contribution in [0.3, 0.4) is 0 Å². The summed E-state index contributed by atoms with van der Waals surface area (Å²) in [6.45, 7) is 8.35. The summed E-state index contributed by atoms with van der Waals surface area (Å²) < 4.78 is 0. The van der Waals surface area contributed by atoms with Crippen LogP contribution in [0.15, 0.2) is 47.5 Å². The molecule has 0 saturated carbocycles. The zero-order chi connectivity index (χ0) is 29.8.